The van der Waals surface area contributed by atoms with E-state index in [9.17, 15) is 27.2 Å². The normalized spacial score (nSPS) is 10.2. The van der Waals surface area contributed by atoms with Crippen LogP contribution < -0.4 is 9.47 Å². The second-order valence-electron chi connectivity index (χ2n) is 4.79. The van der Waals surface area contributed by atoms with E-state index in [0.29, 0.717) is 12.2 Å². The molecule has 0 aliphatic heterocycles. The number of ether oxygens (including phenoxy) is 2. The zero-order valence-electron chi connectivity index (χ0n) is 13.0. The van der Waals surface area contributed by atoms with Crippen LogP contribution in [0.5, 0.6) is 11.5 Å². The van der Waals surface area contributed by atoms with Gasteiger partial charge in [-0.15, -0.1) is 0 Å². The van der Waals surface area contributed by atoms with E-state index in [1.807, 2.05) is 0 Å². The van der Waals surface area contributed by atoms with E-state index in [0.717, 1.165) is 24.3 Å². The van der Waals surface area contributed by atoms with Gasteiger partial charge >= 0.3 is 11.9 Å². The van der Waals surface area contributed by atoms with Crippen molar-refractivity contribution in [2.45, 2.75) is 0 Å². The molecule has 134 valence electrons. The molecule has 0 heterocycles. The third kappa shape index (κ3) is 3.97. The molecule has 0 unspecified atom stereocenters. The largest absolute Gasteiger partial charge is 0.417 e. The lowest BCUT2D eigenvalue weighted by Gasteiger charge is -2.10. The molecule has 0 radical (unpaired) electrons. The molecule has 0 N–H and O–H groups in total. The third-order valence-electron chi connectivity index (χ3n) is 3.07. The summed E-state index contributed by atoms with van der Waals surface area (Å²) in [6.07, 6.45) is 1.42. The first-order valence-corrected chi connectivity index (χ1v) is 6.93. The molecule has 0 aliphatic rings. The van der Waals surface area contributed by atoms with Crippen molar-refractivity contribution in [3.63, 3.8) is 0 Å². The molecule has 0 saturated heterocycles. The first-order chi connectivity index (χ1) is 12.3. The minimum Gasteiger partial charge on any atom is -0.417 e. The van der Waals surface area contributed by atoms with Crippen LogP contribution >= 0.6 is 0 Å². The highest BCUT2D eigenvalue weighted by Gasteiger charge is 2.19. The van der Waals surface area contributed by atoms with E-state index in [1.165, 1.54) is 0 Å². The summed E-state index contributed by atoms with van der Waals surface area (Å²) in [5.74, 6) is -9.18. The van der Waals surface area contributed by atoms with E-state index >= 15 is 0 Å². The molecular weight excluding hydrogens is 356 g/mol. The van der Waals surface area contributed by atoms with E-state index < -0.39 is 46.7 Å². The molecule has 4 nitrogen and oxygen atoms in total. The Morgan fingerprint density at radius 2 is 0.962 bits per heavy atom. The van der Waals surface area contributed by atoms with Crippen molar-refractivity contribution in [3.05, 3.63) is 72.8 Å². The van der Waals surface area contributed by atoms with Crippen molar-refractivity contribution in [1.82, 2.24) is 0 Å². The van der Waals surface area contributed by atoms with Crippen LogP contribution in [0.25, 0.3) is 11.1 Å². The van der Waals surface area contributed by atoms with Gasteiger partial charge in [0.05, 0.1) is 0 Å². The maximum atomic E-state index is 14.0. The van der Waals surface area contributed by atoms with Crippen molar-refractivity contribution >= 4 is 11.9 Å². The van der Waals surface area contributed by atoms with Crippen LogP contribution in [0.1, 0.15) is 0 Å². The highest BCUT2D eigenvalue weighted by atomic mass is 19.1. The van der Waals surface area contributed by atoms with Gasteiger partial charge in [0.1, 0.15) is 0 Å². The average Bonchev–Trinajstić information content (AvgIpc) is 2.60. The Balaban J connectivity index is 2.46. The number of esters is 2. The van der Waals surface area contributed by atoms with Gasteiger partial charge in [0.25, 0.3) is 0 Å². The minimum absolute atomic E-state index is 0.238. The number of hydrogen-bond acceptors (Lipinski definition) is 4. The fourth-order valence-electron chi connectivity index (χ4n) is 1.93. The summed E-state index contributed by atoms with van der Waals surface area (Å²) in [5, 5.41) is 0. The number of hydrogen-bond donors (Lipinski definition) is 0. The summed E-state index contributed by atoms with van der Waals surface area (Å²) in [5.41, 5.74) is -0.476. The third-order valence-corrected chi connectivity index (χ3v) is 3.07. The highest BCUT2D eigenvalue weighted by molar-refractivity contribution is 5.84. The van der Waals surface area contributed by atoms with Gasteiger partial charge in [0, 0.05) is 12.2 Å². The molecule has 2 aromatic rings. The van der Waals surface area contributed by atoms with Gasteiger partial charge in [0.2, 0.25) is 11.5 Å². The monoisotopic (exact) mass is 366 g/mol. The molecule has 2 aromatic carbocycles. The lowest BCUT2D eigenvalue weighted by atomic mass is 10.0. The summed E-state index contributed by atoms with van der Waals surface area (Å²) < 4.78 is 64.7. The fraction of sp³-hybridized carbons (Fsp3) is 0. The minimum atomic E-state index is -1.27. The molecule has 2 rings (SSSR count). The Morgan fingerprint density at radius 1 is 0.692 bits per heavy atom. The topological polar surface area (TPSA) is 52.6 Å². The summed E-state index contributed by atoms with van der Waals surface area (Å²) in [4.78, 5) is 22.1. The Bertz CT molecular complexity index is 800. The quantitative estimate of drug-likeness (QED) is 0.346. The molecule has 0 atom stereocenters. The molecule has 0 spiro atoms. The van der Waals surface area contributed by atoms with Crippen LogP contribution in [0.2, 0.25) is 0 Å². The van der Waals surface area contributed by atoms with E-state index in [4.69, 9.17) is 0 Å². The molecule has 0 aliphatic carbocycles. The van der Waals surface area contributed by atoms with Crippen LogP contribution in [0.15, 0.2) is 49.6 Å². The zero-order valence-corrected chi connectivity index (χ0v) is 13.0. The Kier molecular flexibility index (Phi) is 5.56. The second-order valence-corrected chi connectivity index (χ2v) is 4.79. The van der Waals surface area contributed by atoms with Gasteiger partial charge in [-0.3, -0.25) is 0 Å². The molecule has 0 fully saturated rings. The van der Waals surface area contributed by atoms with Crippen molar-refractivity contribution < 1.29 is 36.6 Å². The van der Waals surface area contributed by atoms with Crippen LogP contribution in [0.4, 0.5) is 17.6 Å². The van der Waals surface area contributed by atoms with Crippen molar-refractivity contribution in [1.29, 1.82) is 0 Å². The highest BCUT2D eigenvalue weighted by Crippen LogP contribution is 2.33. The van der Waals surface area contributed by atoms with Crippen LogP contribution in [-0.4, -0.2) is 11.9 Å². The van der Waals surface area contributed by atoms with Crippen molar-refractivity contribution in [3.8, 4) is 22.6 Å². The summed E-state index contributed by atoms with van der Waals surface area (Å²) in [6.45, 7) is 6.18. The number of rotatable bonds is 5. The molecule has 0 amide bonds. The standard InChI is InChI=1S/C18H10F4O4/c1-3-15(23)25-17-11(19)5-9(6-12(17)20)10-7-13(21)18(14(22)8-10)26-16(24)4-2/h3-8H,1-2H2. The van der Waals surface area contributed by atoms with Crippen LogP contribution in [-0.2, 0) is 9.59 Å². The maximum absolute atomic E-state index is 14.0. The van der Waals surface area contributed by atoms with Crippen molar-refractivity contribution in [2.75, 3.05) is 0 Å². The van der Waals surface area contributed by atoms with Gasteiger partial charge in [-0.2, -0.15) is 0 Å². The zero-order chi connectivity index (χ0) is 19.4. The first-order valence-electron chi connectivity index (χ1n) is 6.93. The summed E-state index contributed by atoms with van der Waals surface area (Å²) in [6, 6.07) is 2.88. The molecule has 8 heteroatoms. The van der Waals surface area contributed by atoms with Crippen LogP contribution in [0, 0.1) is 23.3 Å². The number of carbonyl (C=O) groups is 2. The fourth-order valence-corrected chi connectivity index (χ4v) is 1.93. The van der Waals surface area contributed by atoms with E-state index in [2.05, 4.69) is 22.6 Å². The first kappa shape index (κ1) is 18.9. The SMILES string of the molecule is C=CC(=O)Oc1c(F)cc(-c2cc(F)c(OC(=O)C=C)c(F)c2)cc1F. The van der Waals surface area contributed by atoms with Gasteiger partial charge in [-0.1, -0.05) is 13.2 Å². The lowest BCUT2D eigenvalue weighted by Crippen LogP contribution is -2.07. The average molecular weight is 366 g/mol. The predicted octanol–water partition coefficient (Wildman–Crippen LogP) is 4.09. The van der Waals surface area contributed by atoms with E-state index in [-0.39, 0.29) is 11.1 Å². The number of halogens is 4. The lowest BCUT2D eigenvalue weighted by molar-refractivity contribution is -0.130. The predicted molar refractivity (Wildman–Crippen MR) is 83.4 cm³/mol. The maximum Gasteiger partial charge on any atom is 0.335 e. The Morgan fingerprint density at radius 3 is 1.19 bits per heavy atom. The molecule has 0 bridgehead atoms. The second kappa shape index (κ2) is 7.64. The molecule has 0 saturated carbocycles. The van der Waals surface area contributed by atoms with E-state index in [1.54, 1.807) is 0 Å². The molecule has 0 aromatic heterocycles. The number of benzene rings is 2. The molecular formula is C18H10F4O4. The number of carbonyl (C=O) groups excluding carboxylic acids is 2. The van der Waals surface area contributed by atoms with Crippen LogP contribution in [0.3, 0.4) is 0 Å². The van der Waals surface area contributed by atoms with Gasteiger partial charge in [-0.05, 0) is 35.4 Å². The van der Waals surface area contributed by atoms with Gasteiger partial charge < -0.3 is 9.47 Å². The Labute approximate surface area is 145 Å². The summed E-state index contributed by atoms with van der Waals surface area (Å²) in [7, 11) is 0. The van der Waals surface area contributed by atoms with Crippen molar-refractivity contribution in [2.24, 2.45) is 0 Å². The van der Waals surface area contributed by atoms with Gasteiger partial charge in [0.15, 0.2) is 23.3 Å². The van der Waals surface area contributed by atoms with Gasteiger partial charge in [-0.25, -0.2) is 27.2 Å². The smallest absolute Gasteiger partial charge is 0.335 e. The summed E-state index contributed by atoms with van der Waals surface area (Å²) >= 11 is 0. The molecule has 26 heavy (non-hydrogen) atoms. The Hall–Kier alpha value is -3.42.